The van der Waals surface area contributed by atoms with E-state index in [-0.39, 0.29) is 18.0 Å². The first kappa shape index (κ1) is 10.5. The van der Waals surface area contributed by atoms with Crippen LogP contribution in [0.4, 0.5) is 0 Å². The van der Waals surface area contributed by atoms with Crippen molar-refractivity contribution in [2.75, 3.05) is 5.88 Å². The Morgan fingerprint density at radius 1 is 1.46 bits per heavy atom. The summed E-state index contributed by atoms with van der Waals surface area (Å²) < 4.78 is 0.686. The summed E-state index contributed by atoms with van der Waals surface area (Å²) >= 11 is 8.62. The number of halogens is 2. The standard InChI is InChI=1S/C9H8BrClO2/c10-7-3-6(4-8(12)5-7)9(13)1-2-11/h3-5,12H,1-2H2. The van der Waals surface area contributed by atoms with Gasteiger partial charge in [-0.1, -0.05) is 15.9 Å². The normalized spacial score (nSPS) is 10.0. The highest BCUT2D eigenvalue weighted by atomic mass is 79.9. The van der Waals surface area contributed by atoms with Crippen molar-refractivity contribution >= 4 is 33.3 Å². The molecule has 0 aromatic heterocycles. The summed E-state index contributed by atoms with van der Waals surface area (Å²) in [7, 11) is 0. The van der Waals surface area contributed by atoms with Gasteiger partial charge in [-0.25, -0.2) is 0 Å². The Kier molecular flexibility index (Phi) is 3.75. The van der Waals surface area contributed by atoms with Crippen molar-refractivity contribution in [3.05, 3.63) is 28.2 Å². The van der Waals surface area contributed by atoms with Gasteiger partial charge in [-0.3, -0.25) is 4.79 Å². The molecular formula is C9H8BrClO2. The number of hydrogen-bond acceptors (Lipinski definition) is 2. The van der Waals surface area contributed by atoms with Crippen LogP contribution in [-0.4, -0.2) is 16.8 Å². The fraction of sp³-hybridized carbons (Fsp3) is 0.222. The van der Waals surface area contributed by atoms with Gasteiger partial charge < -0.3 is 5.11 Å². The lowest BCUT2D eigenvalue weighted by atomic mass is 10.1. The third-order valence-electron chi connectivity index (χ3n) is 1.53. The molecule has 0 aliphatic rings. The quantitative estimate of drug-likeness (QED) is 0.672. The van der Waals surface area contributed by atoms with Crippen molar-refractivity contribution in [1.82, 2.24) is 0 Å². The van der Waals surface area contributed by atoms with Gasteiger partial charge in [0.25, 0.3) is 0 Å². The van der Waals surface area contributed by atoms with E-state index in [2.05, 4.69) is 15.9 Å². The summed E-state index contributed by atoms with van der Waals surface area (Å²) in [5, 5.41) is 9.20. The molecule has 1 rings (SSSR count). The molecule has 0 saturated carbocycles. The second-order valence-corrected chi connectivity index (χ2v) is 3.85. The van der Waals surface area contributed by atoms with Gasteiger partial charge in [-0.05, 0) is 18.2 Å². The minimum absolute atomic E-state index is 0.0633. The maximum atomic E-state index is 11.3. The van der Waals surface area contributed by atoms with E-state index in [1.54, 1.807) is 6.07 Å². The Bertz CT molecular complexity index is 305. The van der Waals surface area contributed by atoms with Crippen LogP contribution in [-0.2, 0) is 0 Å². The van der Waals surface area contributed by atoms with E-state index in [1.165, 1.54) is 12.1 Å². The first-order chi connectivity index (χ1) is 6.13. The molecule has 0 unspecified atom stereocenters. The third kappa shape index (κ3) is 3.01. The van der Waals surface area contributed by atoms with Gasteiger partial charge in [0, 0.05) is 22.3 Å². The monoisotopic (exact) mass is 262 g/mol. The van der Waals surface area contributed by atoms with Crippen LogP contribution >= 0.6 is 27.5 Å². The zero-order chi connectivity index (χ0) is 9.84. The minimum atomic E-state index is -0.0633. The smallest absolute Gasteiger partial charge is 0.164 e. The lowest BCUT2D eigenvalue weighted by Crippen LogP contribution is -1.99. The van der Waals surface area contributed by atoms with Crippen molar-refractivity contribution in [3.63, 3.8) is 0 Å². The summed E-state index contributed by atoms with van der Waals surface area (Å²) in [5.74, 6) is 0.311. The van der Waals surface area contributed by atoms with E-state index in [1.807, 2.05) is 0 Å². The fourth-order valence-electron chi connectivity index (χ4n) is 0.965. The molecule has 0 heterocycles. The first-order valence-corrected chi connectivity index (χ1v) is 5.05. The molecule has 1 aromatic rings. The second kappa shape index (κ2) is 4.63. The Labute approximate surface area is 89.7 Å². The number of ketones is 1. The highest BCUT2D eigenvalue weighted by Gasteiger charge is 2.06. The maximum absolute atomic E-state index is 11.3. The number of alkyl halides is 1. The summed E-state index contributed by atoms with van der Waals surface area (Å²) in [6.45, 7) is 0. The molecule has 70 valence electrons. The van der Waals surface area contributed by atoms with Crippen LogP contribution in [0.15, 0.2) is 22.7 Å². The minimum Gasteiger partial charge on any atom is -0.508 e. The average Bonchev–Trinajstić information content (AvgIpc) is 2.03. The van der Waals surface area contributed by atoms with Crippen molar-refractivity contribution in [3.8, 4) is 5.75 Å². The van der Waals surface area contributed by atoms with Gasteiger partial charge in [-0.15, -0.1) is 11.6 Å². The highest BCUT2D eigenvalue weighted by Crippen LogP contribution is 2.21. The van der Waals surface area contributed by atoms with Gasteiger partial charge in [0.1, 0.15) is 5.75 Å². The molecule has 13 heavy (non-hydrogen) atoms. The predicted molar refractivity (Wildman–Crippen MR) is 55.5 cm³/mol. The molecule has 2 nitrogen and oxygen atoms in total. The van der Waals surface area contributed by atoms with Gasteiger partial charge in [-0.2, -0.15) is 0 Å². The number of phenols is 1. The van der Waals surface area contributed by atoms with Crippen molar-refractivity contribution in [2.24, 2.45) is 0 Å². The van der Waals surface area contributed by atoms with Crippen LogP contribution < -0.4 is 0 Å². The first-order valence-electron chi connectivity index (χ1n) is 3.72. The number of Topliss-reactive ketones (excluding diaryl/α,β-unsaturated/α-hetero) is 1. The van der Waals surface area contributed by atoms with E-state index in [9.17, 15) is 9.90 Å². The van der Waals surface area contributed by atoms with Crippen LogP contribution in [0.3, 0.4) is 0 Å². The second-order valence-electron chi connectivity index (χ2n) is 2.56. The summed E-state index contributed by atoms with van der Waals surface area (Å²) in [4.78, 5) is 11.3. The molecule has 1 aromatic carbocycles. The molecule has 4 heteroatoms. The van der Waals surface area contributed by atoms with Crippen LogP contribution in [0.25, 0.3) is 0 Å². The topological polar surface area (TPSA) is 37.3 Å². The number of rotatable bonds is 3. The van der Waals surface area contributed by atoms with Crippen molar-refractivity contribution in [1.29, 1.82) is 0 Å². The molecule has 0 bridgehead atoms. The van der Waals surface area contributed by atoms with E-state index in [4.69, 9.17) is 11.6 Å². The number of carbonyl (C=O) groups excluding carboxylic acids is 1. The van der Waals surface area contributed by atoms with E-state index in [0.29, 0.717) is 15.9 Å². The molecule has 0 saturated heterocycles. The summed E-state index contributed by atoms with van der Waals surface area (Å²) in [6.07, 6.45) is 0.289. The number of phenolic OH excluding ortho intramolecular Hbond substituents is 1. The predicted octanol–water partition coefficient (Wildman–Crippen LogP) is 2.97. The Balaban J connectivity index is 2.94. The van der Waals surface area contributed by atoms with Crippen LogP contribution in [0, 0.1) is 0 Å². The van der Waals surface area contributed by atoms with Gasteiger partial charge in [0.05, 0.1) is 0 Å². The van der Waals surface area contributed by atoms with Crippen LogP contribution in [0.5, 0.6) is 5.75 Å². The zero-order valence-corrected chi connectivity index (χ0v) is 9.10. The Morgan fingerprint density at radius 2 is 2.15 bits per heavy atom. The van der Waals surface area contributed by atoms with Crippen LogP contribution in [0.2, 0.25) is 0 Å². The molecule has 0 amide bonds. The largest absolute Gasteiger partial charge is 0.508 e. The molecule has 0 spiro atoms. The molecular weight excluding hydrogens is 255 g/mol. The summed E-state index contributed by atoms with van der Waals surface area (Å²) in [6, 6.07) is 4.62. The Morgan fingerprint density at radius 3 is 2.69 bits per heavy atom. The van der Waals surface area contributed by atoms with E-state index in [0.717, 1.165) is 0 Å². The highest BCUT2D eigenvalue weighted by molar-refractivity contribution is 9.10. The molecule has 0 fully saturated rings. The van der Waals surface area contributed by atoms with Crippen molar-refractivity contribution in [2.45, 2.75) is 6.42 Å². The van der Waals surface area contributed by atoms with E-state index < -0.39 is 0 Å². The molecule has 0 aliphatic carbocycles. The Hall–Kier alpha value is -0.540. The number of hydrogen-bond donors (Lipinski definition) is 1. The van der Waals surface area contributed by atoms with Gasteiger partial charge >= 0.3 is 0 Å². The summed E-state index contributed by atoms with van der Waals surface area (Å²) in [5.41, 5.74) is 0.479. The van der Waals surface area contributed by atoms with Crippen LogP contribution in [0.1, 0.15) is 16.8 Å². The van der Waals surface area contributed by atoms with Crippen molar-refractivity contribution < 1.29 is 9.90 Å². The lowest BCUT2D eigenvalue weighted by Gasteiger charge is -2.00. The fourth-order valence-corrected chi connectivity index (χ4v) is 1.62. The molecule has 1 N–H and O–H groups in total. The zero-order valence-electron chi connectivity index (χ0n) is 6.76. The number of aromatic hydroxyl groups is 1. The van der Waals surface area contributed by atoms with Gasteiger partial charge in [0.2, 0.25) is 0 Å². The molecule has 0 aliphatic heterocycles. The lowest BCUT2D eigenvalue weighted by molar-refractivity contribution is 0.0989. The third-order valence-corrected chi connectivity index (χ3v) is 2.17. The van der Waals surface area contributed by atoms with E-state index >= 15 is 0 Å². The molecule has 0 radical (unpaired) electrons. The number of carbonyl (C=O) groups is 1. The maximum Gasteiger partial charge on any atom is 0.164 e. The number of benzene rings is 1. The van der Waals surface area contributed by atoms with Gasteiger partial charge in [0.15, 0.2) is 5.78 Å². The SMILES string of the molecule is O=C(CCCl)c1cc(O)cc(Br)c1. The average molecular weight is 264 g/mol. The molecule has 0 atom stereocenters.